The average Bonchev–Trinajstić information content (AvgIpc) is 2.82. The van der Waals surface area contributed by atoms with Crippen LogP contribution >= 0.6 is 0 Å². The predicted molar refractivity (Wildman–Crippen MR) is 68.2 cm³/mol. The quantitative estimate of drug-likeness (QED) is 0.608. The molecule has 0 radical (unpaired) electrons. The number of nitrogens with zero attached hydrogens (tertiary/aromatic N) is 1. The SMILES string of the molecule is CC(C)CCOCCNC(=O)c1nc[nH]c1C(=O)O. The van der Waals surface area contributed by atoms with Gasteiger partial charge in [0, 0.05) is 13.2 Å². The number of carboxylic acid groups (broad SMARTS) is 1. The first-order chi connectivity index (χ1) is 9.02. The van der Waals surface area contributed by atoms with Gasteiger partial charge in [0.15, 0.2) is 11.4 Å². The highest BCUT2D eigenvalue weighted by Gasteiger charge is 2.18. The van der Waals surface area contributed by atoms with E-state index in [-0.39, 0.29) is 11.4 Å². The first kappa shape index (κ1) is 15.2. The van der Waals surface area contributed by atoms with Crippen molar-refractivity contribution >= 4 is 11.9 Å². The summed E-state index contributed by atoms with van der Waals surface area (Å²) in [5.74, 6) is -1.15. The van der Waals surface area contributed by atoms with Crippen molar-refractivity contribution in [1.82, 2.24) is 15.3 Å². The number of aromatic nitrogens is 2. The number of amides is 1. The maximum atomic E-state index is 11.7. The Morgan fingerprint density at radius 1 is 1.47 bits per heavy atom. The van der Waals surface area contributed by atoms with Crippen LogP contribution < -0.4 is 5.32 Å². The Morgan fingerprint density at radius 2 is 2.21 bits per heavy atom. The van der Waals surface area contributed by atoms with E-state index in [0.29, 0.717) is 25.7 Å². The van der Waals surface area contributed by atoms with Crippen LogP contribution in [0.25, 0.3) is 0 Å². The minimum absolute atomic E-state index is 0.116. The molecule has 0 aromatic carbocycles. The molecule has 3 N–H and O–H groups in total. The molecular formula is C12H19N3O4. The number of hydrogen-bond acceptors (Lipinski definition) is 4. The lowest BCUT2D eigenvalue weighted by atomic mass is 10.1. The standard InChI is InChI=1S/C12H19N3O4/c1-8(2)3-5-19-6-4-13-11(16)9-10(12(17)18)15-7-14-9/h7-8H,3-6H2,1-2H3,(H,13,16)(H,14,15)(H,17,18). The highest BCUT2D eigenvalue weighted by Crippen LogP contribution is 2.02. The number of nitrogens with one attached hydrogen (secondary N) is 2. The lowest BCUT2D eigenvalue weighted by Crippen LogP contribution is -2.29. The molecule has 1 heterocycles. The van der Waals surface area contributed by atoms with Crippen LogP contribution in [0.2, 0.25) is 0 Å². The first-order valence-electron chi connectivity index (χ1n) is 6.15. The fourth-order valence-electron chi connectivity index (χ4n) is 1.37. The third kappa shape index (κ3) is 5.09. The number of H-pyrrole nitrogens is 1. The molecule has 0 fully saturated rings. The molecule has 0 saturated heterocycles. The predicted octanol–water partition coefficient (Wildman–Crippen LogP) is 0.900. The van der Waals surface area contributed by atoms with Crippen LogP contribution in [0.4, 0.5) is 0 Å². The van der Waals surface area contributed by atoms with E-state index in [4.69, 9.17) is 9.84 Å². The highest BCUT2D eigenvalue weighted by atomic mass is 16.5. The number of aromatic carboxylic acids is 1. The lowest BCUT2D eigenvalue weighted by molar-refractivity contribution is 0.0684. The fourth-order valence-corrected chi connectivity index (χ4v) is 1.37. The Balaban J connectivity index is 2.28. The summed E-state index contributed by atoms with van der Waals surface area (Å²) >= 11 is 0. The number of carbonyl (C=O) groups excluding carboxylic acids is 1. The van der Waals surface area contributed by atoms with Gasteiger partial charge in [0.2, 0.25) is 0 Å². The zero-order valence-corrected chi connectivity index (χ0v) is 11.1. The van der Waals surface area contributed by atoms with Crippen LogP contribution in [0.5, 0.6) is 0 Å². The molecule has 0 unspecified atom stereocenters. The first-order valence-corrected chi connectivity index (χ1v) is 6.15. The van der Waals surface area contributed by atoms with Crippen LogP contribution in [0.15, 0.2) is 6.33 Å². The normalized spacial score (nSPS) is 10.7. The third-order valence-corrected chi connectivity index (χ3v) is 2.44. The van der Waals surface area contributed by atoms with Crippen LogP contribution in [0.3, 0.4) is 0 Å². The van der Waals surface area contributed by atoms with Crippen LogP contribution in [0.1, 0.15) is 41.2 Å². The molecule has 1 aromatic heterocycles. The summed E-state index contributed by atoms with van der Waals surface area (Å²) in [6, 6.07) is 0. The minimum Gasteiger partial charge on any atom is -0.477 e. The molecule has 1 rings (SSSR count). The van der Waals surface area contributed by atoms with E-state index in [1.54, 1.807) is 0 Å². The van der Waals surface area contributed by atoms with Gasteiger partial charge in [0.25, 0.3) is 5.91 Å². The molecule has 7 nitrogen and oxygen atoms in total. The van der Waals surface area contributed by atoms with E-state index in [1.807, 2.05) is 0 Å². The maximum absolute atomic E-state index is 11.7. The molecule has 1 amide bonds. The van der Waals surface area contributed by atoms with Crippen molar-refractivity contribution < 1.29 is 19.4 Å². The molecule has 106 valence electrons. The number of rotatable bonds is 8. The smallest absolute Gasteiger partial charge is 0.354 e. The molecule has 0 aliphatic rings. The molecule has 19 heavy (non-hydrogen) atoms. The van der Waals surface area contributed by atoms with Gasteiger partial charge in [-0.2, -0.15) is 0 Å². The summed E-state index contributed by atoms with van der Waals surface area (Å²) in [7, 11) is 0. The van der Waals surface area contributed by atoms with Crippen LogP contribution in [0, 0.1) is 5.92 Å². The molecule has 0 spiro atoms. The van der Waals surface area contributed by atoms with E-state index in [2.05, 4.69) is 29.1 Å². The topological polar surface area (TPSA) is 104 Å². The van der Waals surface area contributed by atoms with Gasteiger partial charge >= 0.3 is 5.97 Å². The number of aromatic amines is 1. The molecule has 7 heteroatoms. The van der Waals surface area contributed by atoms with E-state index < -0.39 is 11.9 Å². The van der Waals surface area contributed by atoms with E-state index in [9.17, 15) is 9.59 Å². The number of ether oxygens (including phenoxy) is 1. The summed E-state index contributed by atoms with van der Waals surface area (Å²) in [5.41, 5.74) is -0.326. The fraction of sp³-hybridized carbons (Fsp3) is 0.583. The Hall–Kier alpha value is -1.89. The van der Waals surface area contributed by atoms with Crippen molar-refractivity contribution in [2.75, 3.05) is 19.8 Å². The summed E-state index contributed by atoms with van der Waals surface area (Å²) in [6.45, 7) is 5.58. The molecule has 0 aliphatic heterocycles. The minimum atomic E-state index is -1.21. The lowest BCUT2D eigenvalue weighted by Gasteiger charge is -2.07. The van der Waals surface area contributed by atoms with Gasteiger partial charge in [-0.05, 0) is 12.3 Å². The van der Waals surface area contributed by atoms with Gasteiger partial charge in [-0.25, -0.2) is 9.78 Å². The van der Waals surface area contributed by atoms with Gasteiger partial charge in [-0.3, -0.25) is 4.79 Å². The van der Waals surface area contributed by atoms with Gasteiger partial charge < -0.3 is 20.1 Å². The van der Waals surface area contributed by atoms with Crippen molar-refractivity contribution in [1.29, 1.82) is 0 Å². The van der Waals surface area contributed by atoms with E-state index in [1.165, 1.54) is 6.33 Å². The monoisotopic (exact) mass is 269 g/mol. The van der Waals surface area contributed by atoms with Crippen LogP contribution in [-0.2, 0) is 4.74 Å². The van der Waals surface area contributed by atoms with Crippen molar-refractivity contribution in [3.05, 3.63) is 17.7 Å². The molecule has 0 bridgehead atoms. The van der Waals surface area contributed by atoms with E-state index >= 15 is 0 Å². The van der Waals surface area contributed by atoms with Crippen LogP contribution in [-0.4, -0.2) is 46.7 Å². The second-order valence-electron chi connectivity index (χ2n) is 4.48. The third-order valence-electron chi connectivity index (χ3n) is 2.44. The Morgan fingerprint density at radius 3 is 2.84 bits per heavy atom. The zero-order chi connectivity index (χ0) is 14.3. The Bertz CT molecular complexity index is 428. The van der Waals surface area contributed by atoms with Crippen molar-refractivity contribution in [3.8, 4) is 0 Å². The summed E-state index contributed by atoms with van der Waals surface area (Å²) in [4.78, 5) is 28.5. The maximum Gasteiger partial charge on any atom is 0.354 e. The summed E-state index contributed by atoms with van der Waals surface area (Å²) < 4.78 is 5.33. The van der Waals surface area contributed by atoms with Gasteiger partial charge in [0.05, 0.1) is 12.9 Å². The second-order valence-corrected chi connectivity index (χ2v) is 4.48. The van der Waals surface area contributed by atoms with Crippen molar-refractivity contribution in [2.24, 2.45) is 5.92 Å². The second kappa shape index (κ2) is 7.52. The number of carbonyl (C=O) groups is 2. The van der Waals surface area contributed by atoms with E-state index in [0.717, 1.165) is 6.42 Å². The summed E-state index contributed by atoms with van der Waals surface area (Å²) in [5, 5.41) is 11.4. The van der Waals surface area contributed by atoms with Gasteiger partial charge in [-0.15, -0.1) is 0 Å². The van der Waals surface area contributed by atoms with Gasteiger partial charge in [-0.1, -0.05) is 13.8 Å². The molecular weight excluding hydrogens is 250 g/mol. The molecule has 0 aliphatic carbocycles. The van der Waals surface area contributed by atoms with Crippen molar-refractivity contribution in [2.45, 2.75) is 20.3 Å². The number of hydrogen-bond donors (Lipinski definition) is 3. The summed E-state index contributed by atoms with van der Waals surface area (Å²) in [6.07, 6.45) is 2.15. The highest BCUT2D eigenvalue weighted by molar-refractivity contribution is 6.02. The Labute approximate surface area is 111 Å². The largest absolute Gasteiger partial charge is 0.477 e. The molecule has 0 saturated carbocycles. The zero-order valence-electron chi connectivity index (χ0n) is 11.1. The number of carboxylic acids is 1. The molecule has 1 aromatic rings. The Kier molecular flexibility index (Phi) is 6.01. The van der Waals surface area contributed by atoms with Gasteiger partial charge in [0.1, 0.15) is 0 Å². The number of imidazole rings is 1. The van der Waals surface area contributed by atoms with Crippen molar-refractivity contribution in [3.63, 3.8) is 0 Å². The average molecular weight is 269 g/mol. The molecule has 0 atom stereocenters.